The Morgan fingerprint density at radius 2 is 1.50 bits per heavy atom. The van der Waals surface area contributed by atoms with Gasteiger partial charge < -0.3 is 5.11 Å². The lowest BCUT2D eigenvalue weighted by Gasteiger charge is -2.08. The maximum Gasteiger partial charge on any atom is 0.295 e. The fraction of sp³-hybridized carbons (Fsp3) is 0. The molecule has 126 valence electrons. The molecule has 0 saturated heterocycles. The Labute approximate surface area is 144 Å². The Balaban J connectivity index is 2.74. The normalized spacial score (nSPS) is 11.2. The number of hydrogen-bond donors (Lipinski definition) is 1. The van der Waals surface area contributed by atoms with Crippen LogP contribution in [0.4, 0.5) is 11.4 Å². The molecule has 0 aromatic heterocycles. The third kappa shape index (κ3) is 3.11. The monoisotopic (exact) mass is 392 g/mol. The maximum absolute atomic E-state index is 12.6. The highest BCUT2D eigenvalue weighted by Gasteiger charge is 2.31. The predicted molar refractivity (Wildman–Crippen MR) is 83.3 cm³/mol. The first-order chi connectivity index (χ1) is 11.1. The highest BCUT2D eigenvalue weighted by molar-refractivity contribution is 7.91. The molecule has 0 atom stereocenters. The van der Waals surface area contributed by atoms with Crippen molar-refractivity contribution in [2.75, 3.05) is 0 Å². The molecule has 2 rings (SSSR count). The SMILES string of the molecule is O=[N+]([O-])c1ccc(S(=O)(=O)c2cc(Cl)c(O)c(Cl)c2)c([N+](=O)[O-])c1. The second-order valence-corrected chi connectivity index (χ2v) is 7.14. The Morgan fingerprint density at radius 1 is 0.958 bits per heavy atom. The third-order valence-electron chi connectivity index (χ3n) is 2.94. The van der Waals surface area contributed by atoms with E-state index >= 15 is 0 Å². The highest BCUT2D eigenvalue weighted by atomic mass is 35.5. The largest absolute Gasteiger partial charge is 0.505 e. The van der Waals surface area contributed by atoms with E-state index in [2.05, 4.69) is 0 Å². The number of nitro groups is 2. The molecule has 0 unspecified atom stereocenters. The molecule has 0 aliphatic heterocycles. The second kappa shape index (κ2) is 6.23. The van der Waals surface area contributed by atoms with Crippen molar-refractivity contribution in [3.63, 3.8) is 0 Å². The minimum atomic E-state index is -4.46. The molecular formula is C12H6Cl2N2O7S. The van der Waals surface area contributed by atoms with Crippen LogP contribution >= 0.6 is 23.2 Å². The van der Waals surface area contributed by atoms with Crippen LogP contribution in [-0.2, 0) is 9.84 Å². The van der Waals surface area contributed by atoms with Crippen molar-refractivity contribution >= 4 is 44.4 Å². The number of halogens is 2. The predicted octanol–water partition coefficient (Wildman–Crippen LogP) is 3.35. The lowest BCUT2D eigenvalue weighted by Crippen LogP contribution is -2.06. The van der Waals surface area contributed by atoms with Crippen LogP contribution in [0.1, 0.15) is 0 Å². The maximum atomic E-state index is 12.6. The van der Waals surface area contributed by atoms with Crippen molar-refractivity contribution in [2.24, 2.45) is 0 Å². The number of hydrogen-bond acceptors (Lipinski definition) is 7. The van der Waals surface area contributed by atoms with Crippen molar-refractivity contribution in [3.8, 4) is 5.75 Å². The standard InChI is InChI=1S/C12H6Cl2N2O7S/c13-8-4-7(5-9(14)12(8)17)24(22,23)11-2-1-6(15(18)19)3-10(11)16(20)21/h1-5,17H. The van der Waals surface area contributed by atoms with Gasteiger partial charge >= 0.3 is 0 Å². The fourth-order valence-corrected chi connectivity index (χ4v) is 3.89. The van der Waals surface area contributed by atoms with E-state index < -0.39 is 46.6 Å². The smallest absolute Gasteiger partial charge is 0.295 e. The van der Waals surface area contributed by atoms with Crippen LogP contribution in [0.5, 0.6) is 5.75 Å². The van der Waals surface area contributed by atoms with E-state index in [1.54, 1.807) is 0 Å². The summed E-state index contributed by atoms with van der Waals surface area (Å²) in [6.45, 7) is 0. The molecule has 2 aromatic carbocycles. The van der Waals surface area contributed by atoms with E-state index in [0.29, 0.717) is 6.07 Å². The molecule has 2 aromatic rings. The minimum absolute atomic E-state index is 0.370. The number of non-ortho nitro benzene ring substituents is 1. The summed E-state index contributed by atoms with van der Waals surface area (Å²) in [6, 6.07) is 3.84. The van der Waals surface area contributed by atoms with Gasteiger partial charge in [-0.15, -0.1) is 0 Å². The molecule has 0 bridgehead atoms. The molecule has 12 heteroatoms. The number of phenols is 1. The van der Waals surface area contributed by atoms with Gasteiger partial charge in [-0.1, -0.05) is 23.2 Å². The van der Waals surface area contributed by atoms with Crippen LogP contribution in [0, 0.1) is 20.2 Å². The van der Waals surface area contributed by atoms with Crippen molar-refractivity contribution < 1.29 is 23.4 Å². The summed E-state index contributed by atoms with van der Waals surface area (Å²) in [4.78, 5) is 18.6. The van der Waals surface area contributed by atoms with Gasteiger partial charge in [0.05, 0.1) is 30.9 Å². The third-order valence-corrected chi connectivity index (χ3v) is 5.30. The first kappa shape index (κ1) is 17.9. The fourth-order valence-electron chi connectivity index (χ4n) is 1.81. The molecule has 0 spiro atoms. The molecule has 0 aliphatic rings. The number of aromatic hydroxyl groups is 1. The van der Waals surface area contributed by atoms with Crippen LogP contribution in [0.15, 0.2) is 40.1 Å². The zero-order valence-corrected chi connectivity index (χ0v) is 13.7. The zero-order valence-electron chi connectivity index (χ0n) is 11.3. The van der Waals surface area contributed by atoms with E-state index in [4.69, 9.17) is 23.2 Å². The average molecular weight is 393 g/mol. The number of benzene rings is 2. The van der Waals surface area contributed by atoms with Gasteiger partial charge in [-0.05, 0) is 18.2 Å². The average Bonchev–Trinajstić information content (AvgIpc) is 2.51. The van der Waals surface area contributed by atoms with E-state index in [1.165, 1.54) is 0 Å². The van der Waals surface area contributed by atoms with Crippen LogP contribution < -0.4 is 0 Å². The molecule has 24 heavy (non-hydrogen) atoms. The summed E-state index contributed by atoms with van der Waals surface area (Å²) in [6.07, 6.45) is 0. The summed E-state index contributed by atoms with van der Waals surface area (Å²) in [5.41, 5.74) is -1.60. The Kier molecular flexibility index (Phi) is 4.65. The van der Waals surface area contributed by atoms with Gasteiger partial charge in [-0.25, -0.2) is 8.42 Å². The number of phenolic OH excluding ortho intramolecular Hbond substituents is 1. The van der Waals surface area contributed by atoms with Gasteiger partial charge in [-0.2, -0.15) is 0 Å². The Hall–Kier alpha value is -2.43. The van der Waals surface area contributed by atoms with Gasteiger partial charge in [0.1, 0.15) is 4.90 Å². The molecule has 0 aliphatic carbocycles. The number of rotatable bonds is 4. The molecule has 1 N–H and O–H groups in total. The van der Waals surface area contributed by atoms with E-state index in [0.717, 1.165) is 24.3 Å². The minimum Gasteiger partial charge on any atom is -0.505 e. The zero-order chi connectivity index (χ0) is 18.2. The highest BCUT2D eigenvalue weighted by Crippen LogP contribution is 2.38. The Morgan fingerprint density at radius 3 is 1.96 bits per heavy atom. The molecule has 0 fully saturated rings. The van der Waals surface area contributed by atoms with Crippen LogP contribution in [0.2, 0.25) is 10.0 Å². The topological polar surface area (TPSA) is 141 Å². The van der Waals surface area contributed by atoms with Gasteiger partial charge in [0, 0.05) is 6.07 Å². The molecule has 0 amide bonds. The van der Waals surface area contributed by atoms with Crippen molar-refractivity contribution in [1.29, 1.82) is 0 Å². The van der Waals surface area contributed by atoms with Crippen LogP contribution in [0.25, 0.3) is 0 Å². The quantitative estimate of drug-likeness (QED) is 0.620. The number of sulfone groups is 1. The molecule has 9 nitrogen and oxygen atoms in total. The second-order valence-electron chi connectivity index (χ2n) is 4.41. The first-order valence-corrected chi connectivity index (χ1v) is 8.15. The number of nitro benzene ring substituents is 2. The summed E-state index contributed by atoms with van der Waals surface area (Å²) >= 11 is 11.3. The van der Waals surface area contributed by atoms with Gasteiger partial charge in [0.2, 0.25) is 9.84 Å². The van der Waals surface area contributed by atoms with Crippen molar-refractivity contribution in [3.05, 3.63) is 60.6 Å². The number of nitrogens with zero attached hydrogens (tertiary/aromatic N) is 2. The van der Waals surface area contributed by atoms with Gasteiger partial charge in [0.25, 0.3) is 11.4 Å². The molecule has 0 heterocycles. The first-order valence-electron chi connectivity index (χ1n) is 5.91. The van der Waals surface area contributed by atoms with Crippen molar-refractivity contribution in [2.45, 2.75) is 9.79 Å². The summed E-state index contributed by atoms with van der Waals surface area (Å²) in [5.74, 6) is -0.546. The summed E-state index contributed by atoms with van der Waals surface area (Å²) in [7, 11) is -4.46. The lowest BCUT2D eigenvalue weighted by molar-refractivity contribution is -0.396. The molecular weight excluding hydrogens is 387 g/mol. The van der Waals surface area contributed by atoms with E-state index in [9.17, 15) is 33.8 Å². The Bertz CT molecular complexity index is 952. The van der Waals surface area contributed by atoms with E-state index in [-0.39, 0.29) is 10.0 Å². The van der Waals surface area contributed by atoms with Gasteiger partial charge in [0.15, 0.2) is 5.75 Å². The van der Waals surface area contributed by atoms with Gasteiger partial charge in [-0.3, -0.25) is 20.2 Å². The van der Waals surface area contributed by atoms with Crippen LogP contribution in [-0.4, -0.2) is 23.4 Å². The molecule has 0 saturated carbocycles. The summed E-state index contributed by atoms with van der Waals surface area (Å²) in [5, 5.41) is 30.5. The van der Waals surface area contributed by atoms with Crippen molar-refractivity contribution in [1.82, 2.24) is 0 Å². The summed E-state index contributed by atoms with van der Waals surface area (Å²) < 4.78 is 25.2. The lowest BCUT2D eigenvalue weighted by atomic mass is 10.3. The van der Waals surface area contributed by atoms with Crippen LogP contribution in [0.3, 0.4) is 0 Å². The molecule has 0 radical (unpaired) electrons. The van der Waals surface area contributed by atoms with E-state index in [1.807, 2.05) is 0 Å².